The number of carbonyl (C=O) groups is 2. The normalized spacial score (nSPS) is 10.7. The number of amides is 2. The molecule has 27 heavy (non-hydrogen) atoms. The molecule has 0 radical (unpaired) electrons. The Morgan fingerprint density at radius 1 is 0.852 bits per heavy atom. The summed E-state index contributed by atoms with van der Waals surface area (Å²) in [5.74, 6) is -0.0878. The van der Waals surface area contributed by atoms with Crippen LogP contribution >= 0.6 is 12.2 Å². The summed E-state index contributed by atoms with van der Waals surface area (Å²) in [6, 6.07) is 13.9. The van der Waals surface area contributed by atoms with Crippen molar-refractivity contribution in [3.63, 3.8) is 0 Å². The molecule has 0 saturated carbocycles. The molecule has 0 bridgehead atoms. The van der Waals surface area contributed by atoms with Gasteiger partial charge in [0.1, 0.15) is 5.75 Å². The van der Waals surface area contributed by atoms with Crippen molar-refractivity contribution in [2.24, 2.45) is 0 Å². The van der Waals surface area contributed by atoms with E-state index in [1.807, 2.05) is 12.1 Å². The molecule has 0 aliphatic carbocycles. The van der Waals surface area contributed by atoms with Gasteiger partial charge in [-0.1, -0.05) is 32.9 Å². The molecule has 0 saturated heterocycles. The molecule has 0 aliphatic rings. The number of rotatable bonds is 3. The third-order valence-electron chi connectivity index (χ3n) is 3.88. The number of thiocarbonyl (C=S) groups is 1. The minimum absolute atomic E-state index is 0.00163. The highest BCUT2D eigenvalue weighted by atomic mass is 32.1. The molecule has 0 atom stereocenters. The Morgan fingerprint density at radius 2 is 1.37 bits per heavy atom. The third kappa shape index (κ3) is 5.79. The number of methoxy groups -OCH3 is 1. The van der Waals surface area contributed by atoms with Gasteiger partial charge < -0.3 is 4.74 Å². The molecule has 2 aromatic carbocycles. The summed E-state index contributed by atoms with van der Waals surface area (Å²) in [6.07, 6.45) is 0. The van der Waals surface area contributed by atoms with E-state index in [0.717, 1.165) is 5.56 Å². The fourth-order valence-electron chi connectivity index (χ4n) is 2.26. The molecule has 0 aliphatic heterocycles. The van der Waals surface area contributed by atoms with Crippen LogP contribution in [0.2, 0.25) is 0 Å². The Hall–Kier alpha value is -2.93. The van der Waals surface area contributed by atoms with Crippen LogP contribution in [-0.2, 0) is 5.41 Å². The van der Waals surface area contributed by atoms with Crippen LogP contribution in [0.15, 0.2) is 48.5 Å². The Morgan fingerprint density at radius 3 is 1.89 bits per heavy atom. The second-order valence-electron chi connectivity index (χ2n) is 6.92. The first-order valence-electron chi connectivity index (χ1n) is 8.37. The zero-order chi connectivity index (χ0) is 20.0. The zero-order valence-electron chi connectivity index (χ0n) is 15.8. The van der Waals surface area contributed by atoms with Gasteiger partial charge in [-0.25, -0.2) is 0 Å². The fourth-order valence-corrected chi connectivity index (χ4v) is 2.40. The van der Waals surface area contributed by atoms with Crippen LogP contribution in [0, 0.1) is 0 Å². The van der Waals surface area contributed by atoms with Gasteiger partial charge >= 0.3 is 0 Å². The molecule has 0 aromatic heterocycles. The van der Waals surface area contributed by atoms with E-state index in [1.54, 1.807) is 43.5 Å². The first-order valence-corrected chi connectivity index (χ1v) is 8.78. The monoisotopic (exact) mass is 385 g/mol. The second-order valence-corrected chi connectivity index (χ2v) is 7.33. The van der Waals surface area contributed by atoms with E-state index >= 15 is 0 Å². The summed E-state index contributed by atoms with van der Waals surface area (Å²) in [6.45, 7) is 6.31. The SMILES string of the molecule is COc1ccc(C(=O)NNC(=S)NC(=O)c2ccc(C(C)(C)C)cc2)cc1. The first-order chi connectivity index (χ1) is 12.7. The van der Waals surface area contributed by atoms with E-state index in [9.17, 15) is 9.59 Å². The summed E-state index contributed by atoms with van der Waals surface area (Å²) in [7, 11) is 1.55. The lowest BCUT2D eigenvalue weighted by molar-refractivity contribution is 0.0934. The number of nitrogens with one attached hydrogen (secondary N) is 3. The van der Waals surface area contributed by atoms with Gasteiger partial charge in [-0.3, -0.25) is 25.8 Å². The van der Waals surface area contributed by atoms with Crippen LogP contribution in [0.1, 0.15) is 47.1 Å². The Balaban J connectivity index is 1.87. The summed E-state index contributed by atoms with van der Waals surface area (Å²) >= 11 is 5.05. The Kier molecular flexibility index (Phi) is 6.52. The molecular weight excluding hydrogens is 362 g/mol. The van der Waals surface area contributed by atoms with Gasteiger partial charge in [0.15, 0.2) is 5.11 Å². The number of hydrogen-bond donors (Lipinski definition) is 3. The van der Waals surface area contributed by atoms with Gasteiger partial charge in [0.05, 0.1) is 7.11 Å². The number of benzene rings is 2. The molecule has 142 valence electrons. The predicted molar refractivity (Wildman–Crippen MR) is 109 cm³/mol. The van der Waals surface area contributed by atoms with E-state index in [1.165, 1.54) is 0 Å². The van der Waals surface area contributed by atoms with Crippen molar-refractivity contribution in [1.82, 2.24) is 16.2 Å². The predicted octanol–water partition coefficient (Wildman–Crippen LogP) is 2.94. The highest BCUT2D eigenvalue weighted by Gasteiger charge is 2.15. The van der Waals surface area contributed by atoms with Gasteiger partial charge in [-0.15, -0.1) is 0 Å². The lowest BCUT2D eigenvalue weighted by Crippen LogP contribution is -2.48. The molecule has 0 heterocycles. The largest absolute Gasteiger partial charge is 0.497 e. The third-order valence-corrected chi connectivity index (χ3v) is 4.09. The minimum Gasteiger partial charge on any atom is -0.497 e. The van der Waals surface area contributed by atoms with E-state index in [-0.39, 0.29) is 22.3 Å². The lowest BCUT2D eigenvalue weighted by Gasteiger charge is -2.19. The summed E-state index contributed by atoms with van der Waals surface area (Å²) in [5.41, 5.74) is 7.00. The molecule has 2 rings (SSSR count). The van der Waals surface area contributed by atoms with Gasteiger partial charge in [0, 0.05) is 11.1 Å². The number of hydrogen-bond acceptors (Lipinski definition) is 4. The Labute approximate surface area is 164 Å². The summed E-state index contributed by atoms with van der Waals surface area (Å²) in [4.78, 5) is 24.3. The quantitative estimate of drug-likeness (QED) is 0.559. The topological polar surface area (TPSA) is 79.5 Å². The fraction of sp³-hybridized carbons (Fsp3) is 0.250. The summed E-state index contributed by atoms with van der Waals surface area (Å²) in [5, 5.41) is 2.53. The standard InChI is InChI=1S/C20H23N3O3S/c1-20(2,3)15-9-5-13(6-10-15)17(24)21-19(27)23-22-18(25)14-7-11-16(26-4)12-8-14/h5-12H,1-4H3,(H,22,25)(H2,21,23,24,27). The van der Waals surface area contributed by atoms with Crippen molar-refractivity contribution in [1.29, 1.82) is 0 Å². The van der Waals surface area contributed by atoms with Gasteiger partial charge in [-0.2, -0.15) is 0 Å². The molecule has 6 nitrogen and oxygen atoms in total. The average Bonchev–Trinajstić information content (AvgIpc) is 2.65. The van der Waals surface area contributed by atoms with E-state index in [0.29, 0.717) is 16.9 Å². The molecule has 2 aromatic rings. The highest BCUT2D eigenvalue weighted by Crippen LogP contribution is 2.22. The second kappa shape index (κ2) is 8.64. The maximum absolute atomic E-state index is 12.2. The van der Waals surface area contributed by atoms with Crippen LogP contribution < -0.4 is 20.9 Å². The van der Waals surface area contributed by atoms with Crippen LogP contribution in [0.4, 0.5) is 0 Å². The van der Waals surface area contributed by atoms with Gasteiger partial charge in [0.2, 0.25) is 0 Å². The number of hydrazine groups is 1. The lowest BCUT2D eigenvalue weighted by atomic mass is 9.87. The highest BCUT2D eigenvalue weighted by molar-refractivity contribution is 7.80. The van der Waals surface area contributed by atoms with E-state index < -0.39 is 0 Å². The van der Waals surface area contributed by atoms with E-state index in [2.05, 4.69) is 36.9 Å². The van der Waals surface area contributed by atoms with Crippen molar-refractivity contribution in [3.8, 4) is 5.75 Å². The van der Waals surface area contributed by atoms with Crippen molar-refractivity contribution in [2.45, 2.75) is 26.2 Å². The number of carbonyl (C=O) groups excluding carboxylic acids is 2. The maximum Gasteiger partial charge on any atom is 0.269 e. The zero-order valence-corrected chi connectivity index (χ0v) is 16.6. The molecular formula is C20H23N3O3S. The number of ether oxygens (including phenoxy) is 1. The van der Waals surface area contributed by atoms with Crippen molar-refractivity contribution < 1.29 is 14.3 Å². The average molecular weight is 385 g/mol. The van der Waals surface area contributed by atoms with Gasteiger partial charge in [0.25, 0.3) is 11.8 Å². The van der Waals surface area contributed by atoms with Crippen LogP contribution in [0.3, 0.4) is 0 Å². The minimum atomic E-state index is -0.385. The molecule has 0 unspecified atom stereocenters. The molecule has 3 N–H and O–H groups in total. The molecule has 0 spiro atoms. The van der Waals surface area contributed by atoms with Crippen LogP contribution in [0.5, 0.6) is 5.75 Å². The van der Waals surface area contributed by atoms with Crippen LogP contribution in [0.25, 0.3) is 0 Å². The Bertz CT molecular complexity index is 825. The van der Waals surface area contributed by atoms with Crippen LogP contribution in [-0.4, -0.2) is 24.0 Å². The van der Waals surface area contributed by atoms with Crippen molar-refractivity contribution >= 4 is 29.1 Å². The smallest absolute Gasteiger partial charge is 0.269 e. The molecule has 7 heteroatoms. The van der Waals surface area contributed by atoms with E-state index in [4.69, 9.17) is 17.0 Å². The van der Waals surface area contributed by atoms with Gasteiger partial charge in [-0.05, 0) is 59.6 Å². The molecule has 2 amide bonds. The summed E-state index contributed by atoms with van der Waals surface area (Å²) < 4.78 is 5.04. The van der Waals surface area contributed by atoms with Crippen molar-refractivity contribution in [3.05, 3.63) is 65.2 Å². The first kappa shape index (κ1) is 20.4. The molecule has 0 fully saturated rings. The maximum atomic E-state index is 12.2. The van der Waals surface area contributed by atoms with Crippen molar-refractivity contribution in [2.75, 3.05) is 7.11 Å².